The van der Waals surface area contributed by atoms with Gasteiger partial charge in [-0.05, 0) is 61.6 Å². The van der Waals surface area contributed by atoms with Crippen molar-refractivity contribution in [2.75, 3.05) is 11.9 Å². The maximum absolute atomic E-state index is 14.7. The molecule has 0 radical (unpaired) electrons. The molecule has 7 nitrogen and oxygen atoms in total. The Kier molecular flexibility index (Phi) is 4.96. The van der Waals surface area contributed by atoms with Gasteiger partial charge < -0.3 is 10.6 Å². The highest BCUT2D eigenvalue weighted by Gasteiger charge is 2.19. The summed E-state index contributed by atoms with van der Waals surface area (Å²) < 4.78 is 16.3. The topological polar surface area (TPSA) is 91.8 Å². The zero-order chi connectivity index (χ0) is 20.7. The number of H-pyrrole nitrogens is 1. The molecule has 0 aliphatic carbocycles. The predicted molar refractivity (Wildman–Crippen MR) is 110 cm³/mol. The van der Waals surface area contributed by atoms with E-state index in [1.165, 1.54) is 0 Å². The van der Waals surface area contributed by atoms with Crippen LogP contribution in [0.25, 0.3) is 11.0 Å². The number of rotatable bonds is 4. The summed E-state index contributed by atoms with van der Waals surface area (Å²) in [6.45, 7) is 5.12. The summed E-state index contributed by atoms with van der Waals surface area (Å²) in [5.74, 6) is -0.609. The molecule has 0 atom stereocenters. The Morgan fingerprint density at radius 3 is 2.93 bits per heavy atom. The van der Waals surface area contributed by atoms with Gasteiger partial charge in [0.25, 0.3) is 5.56 Å². The Labute approximate surface area is 167 Å². The molecule has 0 saturated carbocycles. The number of fused-ring (bicyclic) bond motifs is 2. The van der Waals surface area contributed by atoms with Gasteiger partial charge in [-0.3, -0.25) is 19.4 Å². The largest absolute Gasteiger partial charge is 0.324 e. The lowest BCUT2D eigenvalue weighted by atomic mass is 9.99. The van der Waals surface area contributed by atoms with E-state index in [1.54, 1.807) is 17.8 Å². The van der Waals surface area contributed by atoms with Crippen molar-refractivity contribution in [3.63, 3.8) is 0 Å². The van der Waals surface area contributed by atoms with E-state index in [0.29, 0.717) is 36.0 Å². The quantitative estimate of drug-likeness (QED) is 0.630. The first kappa shape index (κ1) is 19.3. The van der Waals surface area contributed by atoms with Crippen LogP contribution in [0.4, 0.5) is 10.1 Å². The van der Waals surface area contributed by atoms with E-state index in [9.17, 15) is 14.0 Å². The molecule has 0 fully saturated rings. The van der Waals surface area contributed by atoms with Crippen LogP contribution < -0.4 is 16.2 Å². The van der Waals surface area contributed by atoms with Crippen LogP contribution in [0.3, 0.4) is 0 Å². The molecule has 0 saturated heterocycles. The molecule has 0 spiro atoms. The van der Waals surface area contributed by atoms with Crippen molar-refractivity contribution in [1.29, 1.82) is 0 Å². The zero-order valence-corrected chi connectivity index (χ0v) is 16.8. The number of aryl methyl sites for hydroxylation is 3. The van der Waals surface area contributed by atoms with E-state index in [2.05, 4.69) is 20.7 Å². The monoisotopic (exact) mass is 397 g/mol. The van der Waals surface area contributed by atoms with Gasteiger partial charge in [-0.1, -0.05) is 6.07 Å². The summed E-state index contributed by atoms with van der Waals surface area (Å²) in [6.07, 6.45) is 1.22. The second-order valence-corrected chi connectivity index (χ2v) is 7.54. The number of aromatic amines is 1. The molecule has 1 aromatic carbocycles. The van der Waals surface area contributed by atoms with Crippen LogP contribution in [-0.2, 0) is 31.2 Å². The second kappa shape index (κ2) is 7.44. The highest BCUT2D eigenvalue weighted by atomic mass is 19.1. The molecular weight excluding hydrogens is 373 g/mol. The maximum Gasteiger partial charge on any atom is 0.273 e. The summed E-state index contributed by atoms with van der Waals surface area (Å²) >= 11 is 0. The smallest absolute Gasteiger partial charge is 0.273 e. The number of halogens is 1. The van der Waals surface area contributed by atoms with Crippen molar-refractivity contribution in [2.45, 2.75) is 39.7 Å². The first-order valence-corrected chi connectivity index (χ1v) is 9.72. The average Bonchev–Trinajstić information content (AvgIpc) is 2.97. The number of benzene rings is 1. The van der Waals surface area contributed by atoms with Crippen molar-refractivity contribution in [3.05, 3.63) is 56.3 Å². The minimum atomic E-state index is -0.344. The maximum atomic E-state index is 14.7. The molecule has 3 aromatic rings. The number of amides is 1. The third kappa shape index (κ3) is 3.44. The number of hydrogen-bond donors (Lipinski definition) is 3. The van der Waals surface area contributed by atoms with Gasteiger partial charge in [-0.15, -0.1) is 0 Å². The number of pyridine rings is 1. The molecule has 0 unspecified atom stereocenters. The second-order valence-electron chi connectivity index (χ2n) is 7.54. The Morgan fingerprint density at radius 1 is 1.34 bits per heavy atom. The fourth-order valence-corrected chi connectivity index (χ4v) is 4.10. The molecular formula is C21H24FN5O2. The van der Waals surface area contributed by atoms with Crippen molar-refractivity contribution in [1.82, 2.24) is 20.1 Å². The lowest BCUT2D eigenvalue weighted by Gasteiger charge is -2.19. The number of carbonyl (C=O) groups is 1. The first-order chi connectivity index (χ1) is 13.9. The fraction of sp³-hybridized carbons (Fsp3) is 0.381. The van der Waals surface area contributed by atoms with Gasteiger partial charge in [0.15, 0.2) is 5.65 Å². The molecule has 1 aliphatic heterocycles. The van der Waals surface area contributed by atoms with Crippen molar-refractivity contribution in [2.24, 2.45) is 7.05 Å². The van der Waals surface area contributed by atoms with Gasteiger partial charge in [-0.25, -0.2) is 9.37 Å². The Bertz CT molecular complexity index is 1180. The van der Waals surface area contributed by atoms with Crippen molar-refractivity contribution in [3.8, 4) is 0 Å². The molecule has 1 aliphatic rings. The highest BCUT2D eigenvalue weighted by Crippen LogP contribution is 2.25. The van der Waals surface area contributed by atoms with E-state index in [1.807, 2.05) is 19.9 Å². The van der Waals surface area contributed by atoms with Crippen LogP contribution in [0.1, 0.15) is 34.4 Å². The summed E-state index contributed by atoms with van der Waals surface area (Å²) in [5, 5.41) is 9.16. The molecule has 8 heteroatoms. The molecule has 2 aromatic heterocycles. The SMILES string of the molecule is Cc1nc2c(c(C)c1CCC(=O)Nc1ccc3c(c1F)CCNC3)c(=O)[nH]n2C. The van der Waals surface area contributed by atoms with Crippen LogP contribution in [-0.4, -0.2) is 27.2 Å². The van der Waals surface area contributed by atoms with E-state index in [-0.39, 0.29) is 29.4 Å². The molecule has 0 bridgehead atoms. The van der Waals surface area contributed by atoms with E-state index in [4.69, 9.17) is 0 Å². The van der Waals surface area contributed by atoms with Crippen LogP contribution in [0, 0.1) is 19.7 Å². The van der Waals surface area contributed by atoms with Crippen molar-refractivity contribution < 1.29 is 9.18 Å². The number of anilines is 1. The lowest BCUT2D eigenvalue weighted by Crippen LogP contribution is -2.25. The fourth-order valence-electron chi connectivity index (χ4n) is 4.10. The van der Waals surface area contributed by atoms with E-state index < -0.39 is 0 Å². The van der Waals surface area contributed by atoms with Gasteiger partial charge in [0.1, 0.15) is 5.82 Å². The van der Waals surface area contributed by atoms with Crippen LogP contribution >= 0.6 is 0 Å². The number of aromatic nitrogens is 3. The molecule has 152 valence electrons. The average molecular weight is 397 g/mol. The highest BCUT2D eigenvalue weighted by molar-refractivity contribution is 5.91. The minimum Gasteiger partial charge on any atom is -0.324 e. The standard InChI is InChI=1S/C21H24FN5O2/c1-11-14(12(2)24-20-18(11)21(29)26-27(20)3)5-7-17(28)25-16-6-4-13-10-23-9-8-15(13)19(16)22/h4,6,23H,5,7-10H2,1-3H3,(H,25,28)(H,26,29). The number of hydrogen-bond acceptors (Lipinski definition) is 4. The molecule has 4 rings (SSSR count). The van der Waals surface area contributed by atoms with Gasteiger partial charge in [0.05, 0.1) is 11.1 Å². The van der Waals surface area contributed by atoms with Crippen LogP contribution in [0.2, 0.25) is 0 Å². The normalized spacial score (nSPS) is 13.5. The third-order valence-corrected chi connectivity index (χ3v) is 5.66. The summed E-state index contributed by atoms with van der Waals surface area (Å²) in [6, 6.07) is 3.47. The number of carbonyl (C=O) groups excluding carboxylic acids is 1. The van der Waals surface area contributed by atoms with Crippen LogP contribution in [0.15, 0.2) is 16.9 Å². The Balaban J connectivity index is 1.52. The van der Waals surface area contributed by atoms with Gasteiger partial charge in [-0.2, -0.15) is 0 Å². The number of nitrogens with zero attached hydrogens (tertiary/aromatic N) is 2. The van der Waals surface area contributed by atoms with Gasteiger partial charge >= 0.3 is 0 Å². The lowest BCUT2D eigenvalue weighted by molar-refractivity contribution is -0.116. The Morgan fingerprint density at radius 2 is 2.14 bits per heavy atom. The van der Waals surface area contributed by atoms with E-state index in [0.717, 1.165) is 28.9 Å². The van der Waals surface area contributed by atoms with Gasteiger partial charge in [0.2, 0.25) is 5.91 Å². The zero-order valence-electron chi connectivity index (χ0n) is 16.8. The molecule has 29 heavy (non-hydrogen) atoms. The third-order valence-electron chi connectivity index (χ3n) is 5.66. The van der Waals surface area contributed by atoms with Crippen LogP contribution in [0.5, 0.6) is 0 Å². The Hall–Kier alpha value is -3.00. The van der Waals surface area contributed by atoms with Crippen molar-refractivity contribution >= 4 is 22.6 Å². The predicted octanol–water partition coefficient (Wildman–Crippen LogP) is 2.23. The number of nitrogens with one attached hydrogen (secondary N) is 3. The minimum absolute atomic E-state index is 0.178. The molecule has 3 N–H and O–H groups in total. The summed E-state index contributed by atoms with van der Waals surface area (Å²) in [4.78, 5) is 29.2. The van der Waals surface area contributed by atoms with E-state index >= 15 is 0 Å². The van der Waals surface area contributed by atoms with Gasteiger partial charge in [0, 0.05) is 25.7 Å². The molecule has 3 heterocycles. The molecule has 1 amide bonds. The summed E-state index contributed by atoms with van der Waals surface area (Å²) in [7, 11) is 1.74. The summed E-state index contributed by atoms with van der Waals surface area (Å²) in [5.41, 5.74) is 4.72. The first-order valence-electron chi connectivity index (χ1n) is 9.72.